The van der Waals surface area contributed by atoms with Crippen molar-refractivity contribution in [1.29, 1.82) is 0 Å². The lowest BCUT2D eigenvalue weighted by atomic mass is 9.99. The first-order valence-corrected chi connectivity index (χ1v) is 9.10. The molecule has 2 unspecified atom stereocenters. The maximum absolute atomic E-state index is 13.0. The van der Waals surface area contributed by atoms with Gasteiger partial charge in [0.1, 0.15) is 28.3 Å². The Morgan fingerprint density at radius 3 is 2.74 bits per heavy atom. The smallest absolute Gasteiger partial charge is 0.348 e. The van der Waals surface area contributed by atoms with Gasteiger partial charge in [0.05, 0.1) is 12.2 Å². The lowest BCUT2D eigenvalue weighted by Crippen LogP contribution is -2.42. The number of benzene rings is 1. The number of hydrogen-bond donors (Lipinski definition) is 1. The Labute approximate surface area is 133 Å². The fourth-order valence-corrected chi connectivity index (χ4v) is 3.66. The van der Waals surface area contributed by atoms with Gasteiger partial charge in [-0.25, -0.2) is 9.18 Å². The molecule has 0 aliphatic carbocycles. The van der Waals surface area contributed by atoms with E-state index >= 15 is 0 Å². The minimum atomic E-state index is -3.26. The van der Waals surface area contributed by atoms with Crippen LogP contribution in [0.1, 0.15) is 24.6 Å². The van der Waals surface area contributed by atoms with Crippen molar-refractivity contribution >= 4 is 10.4 Å². The van der Waals surface area contributed by atoms with Crippen molar-refractivity contribution in [3.05, 3.63) is 46.4 Å². The summed E-state index contributed by atoms with van der Waals surface area (Å²) in [6.45, 7) is 0.785. The van der Waals surface area contributed by atoms with Gasteiger partial charge in [-0.3, -0.25) is 4.98 Å². The number of piperidine rings is 1. The second-order valence-electron chi connectivity index (χ2n) is 5.66. The first kappa shape index (κ1) is 16.0. The zero-order chi connectivity index (χ0) is 16.6. The normalized spacial score (nSPS) is 22.0. The fourth-order valence-electron chi connectivity index (χ4n) is 2.75. The highest BCUT2D eigenvalue weighted by Crippen LogP contribution is 2.26. The summed E-state index contributed by atoms with van der Waals surface area (Å²) < 4.78 is 38.9. The van der Waals surface area contributed by atoms with Crippen LogP contribution in [0.25, 0.3) is 5.69 Å². The Bertz CT molecular complexity index is 795. The lowest BCUT2D eigenvalue weighted by Gasteiger charge is -2.31. The number of rotatable bonds is 3. The molecule has 1 aromatic carbocycles. The van der Waals surface area contributed by atoms with Crippen LogP contribution in [0.5, 0.6) is 0 Å². The highest BCUT2D eigenvalue weighted by Gasteiger charge is 2.32. The monoisotopic (exact) mass is 340 g/mol. The van der Waals surface area contributed by atoms with E-state index in [0.717, 1.165) is 11.1 Å². The van der Waals surface area contributed by atoms with Crippen molar-refractivity contribution in [1.82, 2.24) is 19.1 Å². The Morgan fingerprint density at radius 1 is 1.39 bits per heavy atom. The summed E-state index contributed by atoms with van der Waals surface area (Å²) in [6, 6.07) is 5.43. The molecule has 2 aromatic rings. The van der Waals surface area contributed by atoms with E-state index in [1.54, 1.807) is 0 Å². The topological polar surface area (TPSA) is 94.0 Å². The molecular weight excluding hydrogens is 323 g/mol. The first-order chi connectivity index (χ1) is 10.8. The van der Waals surface area contributed by atoms with Crippen LogP contribution in [0.2, 0.25) is 0 Å². The third-order valence-electron chi connectivity index (χ3n) is 3.95. The first-order valence-electron chi connectivity index (χ1n) is 7.25. The molecule has 0 saturated carbocycles. The number of aromatic amines is 1. The Balaban J connectivity index is 1.87. The third kappa shape index (κ3) is 3.41. The van der Waals surface area contributed by atoms with Crippen LogP contribution >= 0.6 is 0 Å². The molecular formula is C14H17FN4O3S. The molecule has 124 valence electrons. The number of nitrogens with zero attached hydrogens (tertiary/aromatic N) is 3. The molecule has 0 radical (unpaired) electrons. The molecule has 3 rings (SSSR count). The second-order valence-corrected chi connectivity index (χ2v) is 7.65. The molecule has 23 heavy (non-hydrogen) atoms. The van der Waals surface area contributed by atoms with E-state index in [1.807, 2.05) is 0 Å². The van der Waals surface area contributed by atoms with Gasteiger partial charge in [0, 0.05) is 12.5 Å². The highest BCUT2D eigenvalue weighted by atomic mass is 32.3. The maximum atomic E-state index is 13.0. The van der Waals surface area contributed by atoms with Crippen LogP contribution in [-0.2, 0) is 14.6 Å². The summed E-state index contributed by atoms with van der Waals surface area (Å²) >= 11 is 0. The van der Waals surface area contributed by atoms with Crippen LogP contribution in [0.15, 0.2) is 29.1 Å². The minimum Gasteiger partial charge on any atom is -0.598 e. The van der Waals surface area contributed by atoms with Crippen LogP contribution in [0.3, 0.4) is 0 Å². The molecule has 9 heteroatoms. The van der Waals surface area contributed by atoms with Gasteiger partial charge in [-0.15, -0.1) is 9.40 Å². The molecule has 0 spiro atoms. The molecule has 0 bridgehead atoms. The molecule has 7 nitrogen and oxygen atoms in total. The molecule has 1 aliphatic rings. The van der Waals surface area contributed by atoms with E-state index in [1.165, 1.54) is 34.8 Å². The van der Waals surface area contributed by atoms with Crippen LogP contribution in [0.4, 0.5) is 4.39 Å². The van der Waals surface area contributed by atoms with Crippen molar-refractivity contribution in [2.45, 2.75) is 18.8 Å². The second kappa shape index (κ2) is 5.99. The molecule has 0 amide bonds. The summed E-state index contributed by atoms with van der Waals surface area (Å²) in [6.07, 6.45) is 2.64. The van der Waals surface area contributed by atoms with Crippen molar-refractivity contribution in [3.8, 4) is 5.69 Å². The Kier molecular flexibility index (Phi) is 4.17. The van der Waals surface area contributed by atoms with E-state index in [-0.39, 0.29) is 5.92 Å². The minimum absolute atomic E-state index is 0.159. The van der Waals surface area contributed by atoms with Crippen molar-refractivity contribution in [3.63, 3.8) is 0 Å². The van der Waals surface area contributed by atoms with Gasteiger partial charge in [-0.1, -0.05) is 4.21 Å². The van der Waals surface area contributed by atoms with E-state index < -0.39 is 21.9 Å². The molecule has 2 heterocycles. The molecule has 1 N–H and O–H groups in total. The van der Waals surface area contributed by atoms with E-state index in [9.17, 15) is 17.9 Å². The molecule has 1 aliphatic heterocycles. The number of hydrogen-bond acceptors (Lipinski definition) is 4. The maximum Gasteiger partial charge on any atom is 0.348 e. The van der Waals surface area contributed by atoms with Gasteiger partial charge in [-0.05, 0) is 37.1 Å². The number of nitrogens with one attached hydrogen (secondary N) is 1. The van der Waals surface area contributed by atoms with Gasteiger partial charge >= 0.3 is 5.69 Å². The number of halogens is 1. The van der Waals surface area contributed by atoms with Crippen molar-refractivity contribution in [2.24, 2.45) is 0 Å². The van der Waals surface area contributed by atoms with Gasteiger partial charge in [0.2, 0.25) is 0 Å². The predicted octanol–water partition coefficient (Wildman–Crippen LogP) is 1.05. The third-order valence-corrected chi connectivity index (χ3v) is 5.22. The quantitative estimate of drug-likeness (QED) is 0.845. The lowest BCUT2D eigenvalue weighted by molar-refractivity contribution is 0.286. The summed E-state index contributed by atoms with van der Waals surface area (Å²) in [5.41, 5.74) is 0.0257. The highest BCUT2D eigenvalue weighted by molar-refractivity contribution is 7.94. The predicted molar refractivity (Wildman–Crippen MR) is 82.4 cm³/mol. The summed E-state index contributed by atoms with van der Waals surface area (Å²) in [5.74, 6) is -0.103. The van der Waals surface area contributed by atoms with E-state index in [0.29, 0.717) is 31.0 Å². The average Bonchev–Trinajstić information content (AvgIpc) is 2.89. The van der Waals surface area contributed by atoms with Crippen molar-refractivity contribution < 1.29 is 13.2 Å². The zero-order valence-corrected chi connectivity index (χ0v) is 13.4. The molecule has 2 atom stereocenters. The van der Waals surface area contributed by atoms with E-state index in [4.69, 9.17) is 0 Å². The Morgan fingerprint density at radius 2 is 2.09 bits per heavy atom. The van der Waals surface area contributed by atoms with Crippen molar-refractivity contribution in [2.75, 3.05) is 19.3 Å². The standard InChI is InChI=1S/C14H17FN4O3S/c1-23(21,22)18-8-2-3-10(9-18)13-16-14(20)19(17-13)12-6-4-11(15)5-7-12/h4-7,10H,2-3,8-9H2,1H3,(H-,16,17,20,21,22). The fraction of sp³-hybridized carbons (Fsp3) is 0.429. The molecule has 1 fully saturated rings. The number of sulfonamides is 1. The largest absolute Gasteiger partial charge is 0.598 e. The van der Waals surface area contributed by atoms with Gasteiger partial charge in [0.25, 0.3) is 0 Å². The summed E-state index contributed by atoms with van der Waals surface area (Å²) in [4.78, 5) is 14.7. The average molecular weight is 340 g/mol. The Hall–Kier alpha value is -1.84. The van der Waals surface area contributed by atoms with Gasteiger partial charge < -0.3 is 4.55 Å². The summed E-state index contributed by atoms with van der Waals surface area (Å²) in [5, 5.41) is 4.25. The van der Waals surface area contributed by atoms with Gasteiger partial charge in [-0.2, -0.15) is 4.68 Å². The zero-order valence-electron chi connectivity index (χ0n) is 12.6. The van der Waals surface area contributed by atoms with E-state index in [2.05, 4.69) is 10.1 Å². The SMILES string of the molecule is C[S+](=O)([O-])N1CCCC(c2nn(-c3ccc(F)cc3)c(=O)[nH]2)C1. The number of H-pyrrole nitrogens is 1. The number of aromatic nitrogens is 3. The van der Waals surface area contributed by atoms with Crippen LogP contribution in [-0.4, -0.2) is 43.0 Å². The molecule has 1 saturated heterocycles. The van der Waals surface area contributed by atoms with Crippen LogP contribution < -0.4 is 5.69 Å². The molecule has 1 aromatic heterocycles. The van der Waals surface area contributed by atoms with Crippen LogP contribution in [0, 0.1) is 5.82 Å². The summed E-state index contributed by atoms with van der Waals surface area (Å²) in [7, 11) is -3.26. The van der Waals surface area contributed by atoms with Gasteiger partial charge in [0.15, 0.2) is 0 Å².